The Morgan fingerprint density at radius 2 is 1.72 bits per heavy atom. The van der Waals surface area contributed by atoms with E-state index in [1.807, 2.05) is 76.6 Å². The molecule has 0 fully saturated rings. The van der Waals surface area contributed by atoms with Crippen LogP contribution in [0.1, 0.15) is 94.4 Å². The van der Waals surface area contributed by atoms with Gasteiger partial charge in [0, 0.05) is 19.0 Å². The first-order valence-electron chi connectivity index (χ1n) is 19.2. The number of hydrogen-bond acceptors (Lipinski definition) is 10. The lowest BCUT2D eigenvalue weighted by Crippen LogP contribution is -2.38. The van der Waals surface area contributed by atoms with E-state index in [4.69, 9.17) is 9.47 Å². The number of alkyl carbamates (subject to hydrolysis) is 1. The summed E-state index contributed by atoms with van der Waals surface area (Å²) in [5.41, 5.74) is 4.62. The molecular formula is C42H52N8O6S. The Morgan fingerprint density at radius 3 is 2.40 bits per heavy atom. The lowest BCUT2D eigenvalue weighted by Gasteiger charge is -2.35. The SMILES string of the molecule is CC[C@@H]1CN(Cc2cc([C@@H](c3ccc4c(nnn4CC)c3C)C(C)(C)C(=O)Nc3cnc(CNC(=O)OC(C)(C)C)nc3)ccc2C)S(=O)(=O)c2ccccc2O1. The van der Waals surface area contributed by atoms with E-state index in [0.717, 1.165) is 38.9 Å². The highest BCUT2D eigenvalue weighted by molar-refractivity contribution is 7.89. The fourth-order valence-electron chi connectivity index (χ4n) is 7.15. The third-order valence-corrected chi connectivity index (χ3v) is 12.2. The third kappa shape index (κ3) is 8.79. The molecule has 2 N–H and O–H groups in total. The van der Waals surface area contributed by atoms with Gasteiger partial charge in [0.25, 0.3) is 0 Å². The first-order chi connectivity index (χ1) is 26.9. The predicted molar refractivity (Wildman–Crippen MR) is 217 cm³/mol. The van der Waals surface area contributed by atoms with Gasteiger partial charge in [-0.05, 0) is 94.0 Å². The van der Waals surface area contributed by atoms with E-state index >= 15 is 0 Å². The van der Waals surface area contributed by atoms with Gasteiger partial charge in [0.15, 0.2) is 0 Å². The van der Waals surface area contributed by atoms with E-state index < -0.39 is 33.1 Å². The number of amides is 2. The lowest BCUT2D eigenvalue weighted by molar-refractivity contribution is -0.124. The van der Waals surface area contributed by atoms with Crippen molar-refractivity contribution in [2.45, 2.75) is 111 Å². The molecule has 14 nitrogen and oxygen atoms in total. The number of aryl methyl sites for hydroxylation is 3. The van der Waals surface area contributed by atoms with E-state index in [9.17, 15) is 18.0 Å². The second-order valence-corrected chi connectivity index (χ2v) is 17.9. The predicted octanol–water partition coefficient (Wildman–Crippen LogP) is 7.04. The molecule has 3 aromatic carbocycles. The van der Waals surface area contributed by atoms with Gasteiger partial charge in [-0.1, -0.05) is 62.4 Å². The van der Waals surface area contributed by atoms with Gasteiger partial charge in [-0.2, -0.15) is 4.31 Å². The van der Waals surface area contributed by atoms with Crippen LogP contribution in [0.2, 0.25) is 0 Å². The van der Waals surface area contributed by atoms with Crippen molar-refractivity contribution >= 4 is 38.7 Å². The number of benzene rings is 3. The Bertz CT molecular complexity index is 2390. The molecule has 302 valence electrons. The van der Waals surface area contributed by atoms with Gasteiger partial charge >= 0.3 is 6.09 Å². The number of nitrogens with one attached hydrogen (secondary N) is 2. The molecule has 0 aliphatic carbocycles. The third-order valence-electron chi connectivity index (χ3n) is 10.3. The van der Waals surface area contributed by atoms with Crippen molar-refractivity contribution in [1.29, 1.82) is 0 Å². The quantitative estimate of drug-likeness (QED) is 0.141. The Kier molecular flexibility index (Phi) is 11.7. The molecule has 1 aliphatic heterocycles. The monoisotopic (exact) mass is 796 g/mol. The summed E-state index contributed by atoms with van der Waals surface area (Å²) in [5.74, 6) is -0.101. The molecule has 57 heavy (non-hydrogen) atoms. The van der Waals surface area contributed by atoms with Crippen LogP contribution >= 0.6 is 0 Å². The summed E-state index contributed by atoms with van der Waals surface area (Å²) >= 11 is 0. The van der Waals surface area contributed by atoms with Crippen LogP contribution < -0.4 is 15.4 Å². The minimum atomic E-state index is -3.90. The van der Waals surface area contributed by atoms with Crippen LogP contribution in [-0.2, 0) is 39.2 Å². The van der Waals surface area contributed by atoms with Crippen LogP contribution in [-0.4, -0.2) is 67.9 Å². The smallest absolute Gasteiger partial charge is 0.408 e. The molecule has 0 radical (unpaired) electrons. The van der Waals surface area contributed by atoms with Crippen molar-refractivity contribution in [2.24, 2.45) is 5.41 Å². The molecule has 0 bridgehead atoms. The van der Waals surface area contributed by atoms with Gasteiger partial charge < -0.3 is 20.1 Å². The molecule has 6 rings (SSSR count). The number of carbonyl (C=O) groups is 2. The van der Waals surface area contributed by atoms with Gasteiger partial charge in [-0.25, -0.2) is 27.9 Å². The van der Waals surface area contributed by atoms with Gasteiger partial charge in [0.2, 0.25) is 15.9 Å². The number of carbonyl (C=O) groups excluding carboxylic acids is 2. The molecule has 0 unspecified atom stereocenters. The van der Waals surface area contributed by atoms with E-state index in [-0.39, 0.29) is 36.5 Å². The molecule has 0 saturated carbocycles. The highest BCUT2D eigenvalue weighted by atomic mass is 32.2. The number of aromatic nitrogens is 5. The van der Waals surface area contributed by atoms with Crippen LogP contribution in [0.15, 0.2) is 71.9 Å². The van der Waals surface area contributed by atoms with Crippen molar-refractivity contribution in [3.63, 3.8) is 0 Å². The zero-order valence-corrected chi connectivity index (χ0v) is 34.9. The zero-order chi connectivity index (χ0) is 41.3. The van der Waals surface area contributed by atoms with E-state index in [0.29, 0.717) is 30.2 Å². The summed E-state index contributed by atoms with van der Waals surface area (Å²) in [5, 5.41) is 14.5. The minimum Gasteiger partial charge on any atom is -0.488 e. The number of ether oxygens (including phenoxy) is 2. The van der Waals surface area contributed by atoms with Crippen LogP contribution in [0, 0.1) is 19.3 Å². The lowest BCUT2D eigenvalue weighted by atomic mass is 9.69. The highest BCUT2D eigenvalue weighted by Gasteiger charge is 2.41. The first kappa shape index (κ1) is 41.2. The topological polar surface area (TPSA) is 171 Å². The maximum absolute atomic E-state index is 14.5. The Labute approximate surface area is 334 Å². The van der Waals surface area contributed by atoms with E-state index in [1.54, 1.807) is 45.0 Å². The normalized spacial score (nSPS) is 16.3. The molecule has 2 atom stereocenters. The molecule has 5 aromatic rings. The molecular weight excluding hydrogens is 745 g/mol. The molecule has 3 heterocycles. The average molecular weight is 797 g/mol. The van der Waals surface area contributed by atoms with E-state index in [2.05, 4.69) is 30.9 Å². The summed E-state index contributed by atoms with van der Waals surface area (Å²) in [6, 6.07) is 16.8. The van der Waals surface area contributed by atoms with Gasteiger partial charge in [0.1, 0.15) is 33.7 Å². The molecule has 0 saturated heterocycles. The number of fused-ring (bicyclic) bond motifs is 2. The summed E-state index contributed by atoms with van der Waals surface area (Å²) in [7, 11) is -3.90. The zero-order valence-electron chi connectivity index (χ0n) is 34.1. The fraction of sp³-hybridized carbons (Fsp3) is 0.429. The van der Waals surface area contributed by atoms with Crippen molar-refractivity contribution in [2.75, 3.05) is 11.9 Å². The van der Waals surface area contributed by atoms with Crippen molar-refractivity contribution in [1.82, 2.24) is 34.6 Å². The van der Waals surface area contributed by atoms with Crippen LogP contribution in [0.4, 0.5) is 10.5 Å². The van der Waals surface area contributed by atoms with Gasteiger partial charge in [0.05, 0.1) is 42.1 Å². The second kappa shape index (κ2) is 16.2. The number of rotatable bonds is 11. The molecule has 15 heteroatoms. The largest absolute Gasteiger partial charge is 0.488 e. The van der Waals surface area contributed by atoms with Crippen LogP contribution in [0.5, 0.6) is 5.75 Å². The van der Waals surface area contributed by atoms with E-state index in [1.165, 1.54) is 16.7 Å². The summed E-state index contributed by atoms with van der Waals surface area (Å²) in [6.45, 7) is 18.1. The second-order valence-electron chi connectivity index (χ2n) is 16.0. The molecule has 0 spiro atoms. The number of hydrogen-bond donors (Lipinski definition) is 2. The maximum atomic E-state index is 14.5. The summed E-state index contributed by atoms with van der Waals surface area (Å²) in [4.78, 5) is 35.5. The molecule has 2 amide bonds. The first-order valence-corrected chi connectivity index (χ1v) is 20.6. The number of nitrogens with zero attached hydrogens (tertiary/aromatic N) is 6. The molecule has 1 aliphatic rings. The number of anilines is 1. The van der Waals surface area contributed by atoms with Gasteiger partial charge in [-0.3, -0.25) is 4.79 Å². The number of sulfonamides is 1. The van der Waals surface area contributed by atoms with Crippen LogP contribution in [0.3, 0.4) is 0 Å². The van der Waals surface area contributed by atoms with Crippen molar-refractivity contribution in [3.05, 3.63) is 101 Å². The number of para-hydroxylation sites is 1. The summed E-state index contributed by atoms with van der Waals surface area (Å²) < 4.78 is 43.1. The minimum absolute atomic E-state index is 0.0498. The Hall–Kier alpha value is -5.41. The van der Waals surface area contributed by atoms with Crippen molar-refractivity contribution in [3.8, 4) is 5.75 Å². The van der Waals surface area contributed by atoms with Crippen molar-refractivity contribution < 1.29 is 27.5 Å². The summed E-state index contributed by atoms with van der Waals surface area (Å²) in [6.07, 6.45) is 2.72. The Morgan fingerprint density at radius 1 is 1.00 bits per heavy atom. The van der Waals surface area contributed by atoms with Crippen LogP contribution in [0.25, 0.3) is 11.0 Å². The standard InChI is InChI=1S/C42H52N8O6S/c1-10-31-25-49(57(53,54)35-15-13-12-14-34(35)55-31)24-29-20-28(17-16-26(29)3)37(32-18-19-33-38(27(32)4)47-48-50(33)11-2)42(8,9)39(51)46-30-21-43-36(44-22-30)23-45-40(52)56-41(5,6)7/h12-22,31,37H,10-11,23-25H2,1-9H3,(H,45,52)(H,46,51)/t31-,37+/m1/s1. The van der Waals surface area contributed by atoms with Gasteiger partial charge in [-0.15, -0.1) is 5.10 Å². The fourth-order valence-corrected chi connectivity index (χ4v) is 8.72. The Balaban J connectivity index is 1.35. The highest BCUT2D eigenvalue weighted by Crippen LogP contribution is 2.45. The molecule has 2 aromatic heterocycles. The average Bonchev–Trinajstić information content (AvgIpc) is 3.55. The maximum Gasteiger partial charge on any atom is 0.408 e.